The van der Waals surface area contributed by atoms with Crippen LogP contribution in [0.5, 0.6) is 0 Å². The first-order chi connectivity index (χ1) is 10.7. The molecule has 0 unspecified atom stereocenters. The number of carbonyl (C=O) groups excluding carboxylic acids is 1. The molecular weight excluding hydrogens is 283 g/mol. The summed E-state index contributed by atoms with van der Waals surface area (Å²) in [6.07, 6.45) is 2.57. The predicted molar refractivity (Wildman–Crippen MR) is 84.3 cm³/mol. The highest BCUT2D eigenvalue weighted by Crippen LogP contribution is 2.19. The highest BCUT2D eigenvalue weighted by atomic mass is 19.1. The van der Waals surface area contributed by atoms with Gasteiger partial charge >= 0.3 is 0 Å². The van der Waals surface area contributed by atoms with Crippen molar-refractivity contribution in [3.05, 3.63) is 35.8 Å². The molecule has 1 amide bonds. The zero-order valence-electron chi connectivity index (χ0n) is 12.5. The van der Waals surface area contributed by atoms with Crippen molar-refractivity contribution in [2.75, 3.05) is 39.3 Å². The van der Waals surface area contributed by atoms with Gasteiger partial charge in [0.15, 0.2) is 0 Å². The number of nitrogens with zero attached hydrogens (tertiary/aromatic N) is 1. The molecule has 0 bridgehead atoms. The topological polar surface area (TPSA) is 60.2 Å². The Hall–Kier alpha value is -1.92. The Labute approximate surface area is 128 Å². The standard InChI is InChI=1S/C16H21FN4O/c17-13-1-2-15-14(9-13)12(10-20-15)3-4-19-16(22)11-21-7-5-18-6-8-21/h1-2,9-10,18,20H,3-8,11H2,(H,19,22). The Morgan fingerprint density at radius 1 is 1.32 bits per heavy atom. The number of rotatable bonds is 5. The highest BCUT2D eigenvalue weighted by molar-refractivity contribution is 5.83. The Kier molecular flexibility index (Phi) is 4.70. The summed E-state index contributed by atoms with van der Waals surface area (Å²) >= 11 is 0. The number of hydrogen-bond acceptors (Lipinski definition) is 3. The number of benzene rings is 1. The smallest absolute Gasteiger partial charge is 0.234 e. The van der Waals surface area contributed by atoms with E-state index in [1.54, 1.807) is 6.07 Å². The van der Waals surface area contributed by atoms with E-state index >= 15 is 0 Å². The van der Waals surface area contributed by atoms with Crippen molar-refractivity contribution in [3.8, 4) is 0 Å². The van der Waals surface area contributed by atoms with E-state index in [1.165, 1.54) is 12.1 Å². The first-order valence-corrected chi connectivity index (χ1v) is 7.67. The minimum Gasteiger partial charge on any atom is -0.361 e. The summed E-state index contributed by atoms with van der Waals surface area (Å²) in [5, 5.41) is 7.09. The highest BCUT2D eigenvalue weighted by Gasteiger charge is 2.13. The van der Waals surface area contributed by atoms with Gasteiger partial charge in [-0.15, -0.1) is 0 Å². The fraction of sp³-hybridized carbons (Fsp3) is 0.438. The van der Waals surface area contributed by atoms with Gasteiger partial charge in [0.25, 0.3) is 0 Å². The molecule has 1 aromatic heterocycles. The van der Waals surface area contributed by atoms with E-state index in [9.17, 15) is 9.18 Å². The van der Waals surface area contributed by atoms with Crippen LogP contribution in [-0.4, -0.2) is 55.1 Å². The van der Waals surface area contributed by atoms with Crippen LogP contribution in [0.3, 0.4) is 0 Å². The molecule has 2 aromatic rings. The molecule has 1 saturated heterocycles. The second kappa shape index (κ2) is 6.89. The molecule has 0 atom stereocenters. The van der Waals surface area contributed by atoms with Crippen LogP contribution in [0.2, 0.25) is 0 Å². The van der Waals surface area contributed by atoms with Gasteiger partial charge < -0.3 is 15.6 Å². The Morgan fingerprint density at radius 3 is 2.95 bits per heavy atom. The van der Waals surface area contributed by atoms with Gasteiger partial charge in [-0.2, -0.15) is 0 Å². The molecule has 2 heterocycles. The van der Waals surface area contributed by atoms with Gasteiger partial charge in [0.05, 0.1) is 6.54 Å². The lowest BCUT2D eigenvalue weighted by molar-refractivity contribution is -0.122. The minimum absolute atomic E-state index is 0.0490. The summed E-state index contributed by atoms with van der Waals surface area (Å²) in [6, 6.07) is 4.71. The average Bonchev–Trinajstić information content (AvgIpc) is 2.91. The molecule has 1 aliphatic heterocycles. The molecule has 1 aliphatic rings. The van der Waals surface area contributed by atoms with Crippen LogP contribution in [0.1, 0.15) is 5.56 Å². The molecule has 0 radical (unpaired) electrons. The maximum absolute atomic E-state index is 13.3. The zero-order chi connectivity index (χ0) is 15.4. The first-order valence-electron chi connectivity index (χ1n) is 7.67. The second-order valence-corrected chi connectivity index (χ2v) is 5.63. The number of hydrogen-bond donors (Lipinski definition) is 3. The number of halogens is 1. The molecule has 3 rings (SSSR count). The van der Waals surface area contributed by atoms with Crippen LogP contribution in [0.25, 0.3) is 10.9 Å². The van der Waals surface area contributed by atoms with E-state index < -0.39 is 0 Å². The second-order valence-electron chi connectivity index (χ2n) is 5.63. The number of aromatic nitrogens is 1. The molecule has 3 N–H and O–H groups in total. The third-order valence-corrected chi connectivity index (χ3v) is 4.02. The van der Waals surface area contributed by atoms with E-state index in [0.29, 0.717) is 19.5 Å². The fourth-order valence-electron chi connectivity index (χ4n) is 2.82. The molecule has 0 spiro atoms. The van der Waals surface area contributed by atoms with Crippen molar-refractivity contribution in [3.63, 3.8) is 0 Å². The summed E-state index contributed by atoms with van der Waals surface area (Å²) in [5.41, 5.74) is 1.94. The summed E-state index contributed by atoms with van der Waals surface area (Å²) < 4.78 is 13.3. The Bertz CT molecular complexity index is 649. The van der Waals surface area contributed by atoms with E-state index in [2.05, 4.69) is 20.5 Å². The Morgan fingerprint density at radius 2 is 2.14 bits per heavy atom. The lowest BCUT2D eigenvalue weighted by Gasteiger charge is -2.26. The van der Waals surface area contributed by atoms with Crippen LogP contribution in [0.15, 0.2) is 24.4 Å². The maximum Gasteiger partial charge on any atom is 0.234 e. The van der Waals surface area contributed by atoms with Gasteiger partial charge in [-0.3, -0.25) is 9.69 Å². The molecule has 5 nitrogen and oxygen atoms in total. The molecule has 0 aliphatic carbocycles. The van der Waals surface area contributed by atoms with Crippen LogP contribution < -0.4 is 10.6 Å². The van der Waals surface area contributed by atoms with Crippen molar-refractivity contribution < 1.29 is 9.18 Å². The zero-order valence-corrected chi connectivity index (χ0v) is 12.5. The predicted octanol–water partition coefficient (Wildman–Crippen LogP) is 0.871. The van der Waals surface area contributed by atoms with Crippen molar-refractivity contribution >= 4 is 16.8 Å². The molecule has 22 heavy (non-hydrogen) atoms. The molecular formula is C16H21FN4O. The largest absolute Gasteiger partial charge is 0.361 e. The number of fused-ring (bicyclic) bond motifs is 1. The van der Waals surface area contributed by atoms with Crippen LogP contribution in [-0.2, 0) is 11.2 Å². The van der Waals surface area contributed by atoms with Crippen molar-refractivity contribution in [2.24, 2.45) is 0 Å². The average molecular weight is 304 g/mol. The van der Waals surface area contributed by atoms with E-state index in [1.807, 2.05) is 6.20 Å². The summed E-state index contributed by atoms with van der Waals surface area (Å²) in [6.45, 7) is 4.71. The van der Waals surface area contributed by atoms with Crippen molar-refractivity contribution in [1.29, 1.82) is 0 Å². The Balaban J connectivity index is 1.49. The maximum atomic E-state index is 13.3. The van der Waals surface area contributed by atoms with Gasteiger partial charge in [-0.1, -0.05) is 0 Å². The van der Waals surface area contributed by atoms with Crippen molar-refractivity contribution in [2.45, 2.75) is 6.42 Å². The van der Waals surface area contributed by atoms with Gasteiger partial charge in [-0.25, -0.2) is 4.39 Å². The fourth-order valence-corrected chi connectivity index (χ4v) is 2.82. The van der Waals surface area contributed by atoms with E-state index in [-0.39, 0.29) is 11.7 Å². The van der Waals surface area contributed by atoms with E-state index in [0.717, 1.165) is 42.6 Å². The SMILES string of the molecule is O=C(CN1CCNCC1)NCCc1c[nH]c2ccc(F)cc12. The first kappa shape index (κ1) is 15.0. The number of aromatic amines is 1. The van der Waals surface area contributed by atoms with Gasteiger partial charge in [0.1, 0.15) is 5.82 Å². The third-order valence-electron chi connectivity index (χ3n) is 4.02. The number of H-pyrrole nitrogens is 1. The molecule has 6 heteroatoms. The number of piperazine rings is 1. The number of amides is 1. The third kappa shape index (κ3) is 3.64. The van der Waals surface area contributed by atoms with Gasteiger partial charge in [-0.05, 0) is 30.2 Å². The lowest BCUT2D eigenvalue weighted by atomic mass is 10.1. The quantitative estimate of drug-likeness (QED) is 0.768. The van der Waals surface area contributed by atoms with Crippen molar-refractivity contribution in [1.82, 2.24) is 20.5 Å². The minimum atomic E-state index is -0.240. The summed E-state index contributed by atoms with van der Waals surface area (Å²) in [4.78, 5) is 17.2. The van der Waals surface area contributed by atoms with Crippen LogP contribution in [0.4, 0.5) is 4.39 Å². The summed E-state index contributed by atoms with van der Waals surface area (Å²) in [5.74, 6) is -0.191. The molecule has 1 aromatic carbocycles. The lowest BCUT2D eigenvalue weighted by Crippen LogP contribution is -2.47. The molecule has 1 fully saturated rings. The molecule has 118 valence electrons. The van der Waals surface area contributed by atoms with E-state index in [4.69, 9.17) is 0 Å². The number of nitrogens with one attached hydrogen (secondary N) is 3. The monoisotopic (exact) mass is 304 g/mol. The van der Waals surface area contributed by atoms with Gasteiger partial charge in [0.2, 0.25) is 5.91 Å². The normalized spacial score (nSPS) is 16.0. The summed E-state index contributed by atoms with van der Waals surface area (Å²) in [7, 11) is 0. The van der Waals surface area contributed by atoms with Crippen LogP contribution in [0, 0.1) is 5.82 Å². The van der Waals surface area contributed by atoms with Crippen LogP contribution >= 0.6 is 0 Å². The molecule has 0 saturated carbocycles. The van der Waals surface area contributed by atoms with Gasteiger partial charge in [0, 0.05) is 49.8 Å². The number of carbonyl (C=O) groups is 1.